The van der Waals surface area contributed by atoms with Crippen LogP contribution in [-0.2, 0) is 0 Å². The highest BCUT2D eigenvalue weighted by Crippen LogP contribution is 2.18. The lowest BCUT2D eigenvalue weighted by Crippen LogP contribution is -2.35. The molecular weight excluding hydrogens is 540 g/mol. The van der Waals surface area contributed by atoms with E-state index in [1.165, 1.54) is 73.9 Å². The molecule has 0 aliphatic heterocycles. The lowest BCUT2D eigenvalue weighted by atomic mass is 10.1. The van der Waals surface area contributed by atoms with Crippen LogP contribution < -0.4 is 9.47 Å². The van der Waals surface area contributed by atoms with Crippen molar-refractivity contribution < 1.29 is 18.4 Å². The molecular formula is C40H58N2O2+2. The van der Waals surface area contributed by atoms with Crippen molar-refractivity contribution in [2.45, 2.75) is 51.4 Å². The first-order valence-corrected chi connectivity index (χ1v) is 16.6. The molecule has 3 aromatic carbocycles. The lowest BCUT2D eigenvalue weighted by Gasteiger charge is -2.23. The van der Waals surface area contributed by atoms with Crippen molar-refractivity contribution in [3.8, 4) is 11.5 Å². The minimum atomic E-state index is 0.790. The van der Waals surface area contributed by atoms with Crippen LogP contribution in [0.1, 0.15) is 73.6 Å². The van der Waals surface area contributed by atoms with E-state index in [4.69, 9.17) is 9.47 Å². The van der Waals surface area contributed by atoms with Gasteiger partial charge < -0.3 is 18.4 Å². The van der Waals surface area contributed by atoms with Crippen molar-refractivity contribution in [3.63, 3.8) is 0 Å². The van der Waals surface area contributed by atoms with E-state index in [0.717, 1.165) is 46.5 Å². The van der Waals surface area contributed by atoms with Crippen LogP contribution in [0.25, 0.3) is 24.3 Å². The largest absolute Gasteiger partial charge is 0.494 e. The molecule has 4 heteroatoms. The molecule has 0 radical (unpaired) electrons. The van der Waals surface area contributed by atoms with Crippen LogP contribution in [0.5, 0.6) is 11.5 Å². The van der Waals surface area contributed by atoms with Crippen molar-refractivity contribution >= 4 is 24.3 Å². The van der Waals surface area contributed by atoms with Gasteiger partial charge in [0, 0.05) is 0 Å². The van der Waals surface area contributed by atoms with Crippen LogP contribution in [0.3, 0.4) is 0 Å². The quantitative estimate of drug-likeness (QED) is 0.0733. The van der Waals surface area contributed by atoms with Crippen molar-refractivity contribution in [2.24, 2.45) is 0 Å². The summed E-state index contributed by atoms with van der Waals surface area (Å²) in [5.74, 6) is 1.90. The maximum atomic E-state index is 5.94. The van der Waals surface area contributed by atoms with Crippen LogP contribution in [0.15, 0.2) is 72.8 Å². The number of rotatable bonds is 20. The fraction of sp³-hybridized carbons (Fsp3) is 0.450. The molecule has 0 aromatic heterocycles. The molecule has 3 aromatic rings. The van der Waals surface area contributed by atoms with E-state index >= 15 is 0 Å². The lowest BCUT2D eigenvalue weighted by molar-refractivity contribution is -0.870. The average Bonchev–Trinajstić information content (AvgIpc) is 2.98. The molecule has 0 amide bonds. The number of ether oxygens (including phenoxy) is 2. The van der Waals surface area contributed by atoms with Gasteiger partial charge in [0.2, 0.25) is 0 Å². The van der Waals surface area contributed by atoms with Crippen LogP contribution in [-0.4, -0.2) is 77.6 Å². The Hall–Kier alpha value is -3.34. The fourth-order valence-corrected chi connectivity index (χ4v) is 4.92. The summed E-state index contributed by atoms with van der Waals surface area (Å²) in [7, 11) is 13.5. The van der Waals surface area contributed by atoms with Gasteiger partial charge in [-0.05, 0) is 97.9 Å². The number of unbranched alkanes of at least 4 members (excludes halogenated alkanes) is 6. The van der Waals surface area contributed by atoms with Gasteiger partial charge in [-0.1, -0.05) is 72.8 Å². The number of quaternary nitrogens is 2. The molecule has 0 heterocycles. The minimum absolute atomic E-state index is 0.790. The Morgan fingerprint density at radius 1 is 0.386 bits per heavy atom. The zero-order valence-electron chi connectivity index (χ0n) is 28.4. The second-order valence-electron chi connectivity index (χ2n) is 14.0. The number of hydrogen-bond acceptors (Lipinski definition) is 2. The molecule has 0 aliphatic carbocycles. The summed E-state index contributed by atoms with van der Waals surface area (Å²) in [6.45, 7) is 4.05. The van der Waals surface area contributed by atoms with Gasteiger partial charge in [-0.25, -0.2) is 0 Å². The van der Waals surface area contributed by atoms with Gasteiger partial charge >= 0.3 is 0 Å². The third-order valence-corrected chi connectivity index (χ3v) is 7.62. The zero-order valence-corrected chi connectivity index (χ0v) is 28.4. The van der Waals surface area contributed by atoms with Crippen molar-refractivity contribution in [1.82, 2.24) is 0 Å². The van der Waals surface area contributed by atoms with Crippen LogP contribution in [0.4, 0.5) is 0 Å². The highest BCUT2D eigenvalue weighted by Gasteiger charge is 2.06. The van der Waals surface area contributed by atoms with E-state index in [-0.39, 0.29) is 0 Å². The zero-order chi connectivity index (χ0) is 31.7. The SMILES string of the molecule is C[N+](C)(C)CCCCCCOc1ccc(/C=C/c2ccc(/C=C/c3ccc(OCCCCCC[N+](C)(C)C)cc3)cc2)cc1. The maximum Gasteiger partial charge on any atom is 0.119 e. The number of benzene rings is 3. The van der Waals surface area contributed by atoms with Gasteiger partial charge in [0.25, 0.3) is 0 Å². The smallest absolute Gasteiger partial charge is 0.119 e. The normalized spacial score (nSPS) is 12.3. The molecule has 0 atom stereocenters. The third kappa shape index (κ3) is 15.9. The average molecular weight is 599 g/mol. The minimum Gasteiger partial charge on any atom is -0.494 e. The van der Waals surface area contributed by atoms with Gasteiger partial charge in [-0.3, -0.25) is 0 Å². The first-order valence-electron chi connectivity index (χ1n) is 16.6. The first-order chi connectivity index (χ1) is 21.1. The topological polar surface area (TPSA) is 18.5 Å². The van der Waals surface area contributed by atoms with E-state index in [9.17, 15) is 0 Å². The molecule has 0 saturated carbocycles. The molecule has 0 unspecified atom stereocenters. The summed E-state index contributed by atoms with van der Waals surface area (Å²) in [5.41, 5.74) is 4.71. The van der Waals surface area contributed by atoms with E-state index in [2.05, 4.69) is 139 Å². The maximum absolute atomic E-state index is 5.94. The predicted octanol–water partition coefficient (Wildman–Crippen LogP) is 9.32. The molecule has 0 saturated heterocycles. The van der Waals surface area contributed by atoms with Gasteiger partial charge in [0.05, 0.1) is 68.6 Å². The predicted molar refractivity (Wildman–Crippen MR) is 191 cm³/mol. The molecule has 0 fully saturated rings. The van der Waals surface area contributed by atoms with Crippen molar-refractivity contribution in [2.75, 3.05) is 68.6 Å². The molecule has 0 aliphatic rings. The number of nitrogens with zero attached hydrogens (tertiary/aromatic N) is 2. The van der Waals surface area contributed by atoms with Gasteiger partial charge in [-0.15, -0.1) is 0 Å². The van der Waals surface area contributed by atoms with Crippen LogP contribution in [0, 0.1) is 0 Å². The second kappa shape index (κ2) is 18.5. The second-order valence-corrected chi connectivity index (χ2v) is 14.0. The Bertz CT molecular complexity index is 1140. The first kappa shape index (κ1) is 35.1. The molecule has 3 rings (SSSR count). The molecule has 4 nitrogen and oxygen atoms in total. The Morgan fingerprint density at radius 3 is 0.955 bits per heavy atom. The monoisotopic (exact) mass is 598 g/mol. The van der Waals surface area contributed by atoms with E-state index in [1.807, 2.05) is 0 Å². The fourth-order valence-electron chi connectivity index (χ4n) is 4.92. The van der Waals surface area contributed by atoms with Crippen molar-refractivity contribution in [1.29, 1.82) is 0 Å². The van der Waals surface area contributed by atoms with Gasteiger partial charge in [-0.2, -0.15) is 0 Å². The van der Waals surface area contributed by atoms with Crippen molar-refractivity contribution in [3.05, 3.63) is 95.1 Å². The van der Waals surface area contributed by atoms with Crippen LogP contribution in [0.2, 0.25) is 0 Å². The Kier molecular flexibility index (Phi) is 14.7. The number of hydrogen-bond donors (Lipinski definition) is 0. The van der Waals surface area contributed by atoms with Gasteiger partial charge in [0.1, 0.15) is 11.5 Å². The molecule has 238 valence electrons. The van der Waals surface area contributed by atoms with E-state index < -0.39 is 0 Å². The van der Waals surface area contributed by atoms with E-state index in [0.29, 0.717) is 0 Å². The Labute approximate surface area is 268 Å². The highest BCUT2D eigenvalue weighted by molar-refractivity contribution is 5.73. The molecule has 44 heavy (non-hydrogen) atoms. The summed E-state index contributed by atoms with van der Waals surface area (Å²) < 4.78 is 14.0. The van der Waals surface area contributed by atoms with Gasteiger partial charge in [0.15, 0.2) is 0 Å². The standard InChI is InChI=1S/C40H58N2O2/c1-41(2,3)31-11-7-9-13-33-43-39-27-23-37(24-28-39)21-19-35-15-17-36(18-16-35)20-22-38-25-29-40(30-26-38)44-34-14-10-8-12-32-42(4,5)6/h15-30H,7-14,31-34H2,1-6H3/q+2/b21-19+,22-20+. The summed E-state index contributed by atoms with van der Waals surface area (Å²) >= 11 is 0. The summed E-state index contributed by atoms with van der Waals surface area (Å²) in [5, 5.41) is 0. The van der Waals surface area contributed by atoms with E-state index in [1.54, 1.807) is 0 Å². The Balaban J connectivity index is 1.33. The highest BCUT2D eigenvalue weighted by atomic mass is 16.5. The summed E-state index contributed by atoms with van der Waals surface area (Å²) in [6, 6.07) is 25.4. The molecule has 0 N–H and O–H groups in total. The summed E-state index contributed by atoms with van der Waals surface area (Å²) in [6.07, 6.45) is 18.4. The summed E-state index contributed by atoms with van der Waals surface area (Å²) in [4.78, 5) is 0. The molecule has 0 spiro atoms. The Morgan fingerprint density at radius 2 is 0.659 bits per heavy atom. The molecule has 0 bridgehead atoms. The third-order valence-electron chi connectivity index (χ3n) is 7.62. The van der Waals surface area contributed by atoms with Crippen LogP contribution >= 0.6 is 0 Å².